The van der Waals surface area contributed by atoms with Gasteiger partial charge >= 0.3 is 0 Å². The lowest BCUT2D eigenvalue weighted by molar-refractivity contribution is 0.306. The number of nitrogens with zero attached hydrogens (tertiary/aromatic N) is 1. The summed E-state index contributed by atoms with van der Waals surface area (Å²) in [5.74, 6) is 0. The van der Waals surface area contributed by atoms with Crippen LogP contribution in [0, 0.1) is 6.92 Å². The average Bonchev–Trinajstić information content (AvgIpc) is 2.32. The van der Waals surface area contributed by atoms with Crippen LogP contribution in [0.5, 0.6) is 0 Å². The third kappa shape index (κ3) is 1.46. The van der Waals surface area contributed by atoms with Gasteiger partial charge in [-0.05, 0) is 33.1 Å². The van der Waals surface area contributed by atoms with Crippen LogP contribution in [0.4, 0.5) is 5.13 Å². The minimum absolute atomic E-state index is 0.338. The van der Waals surface area contributed by atoms with Crippen LogP contribution in [0.15, 0.2) is 5.38 Å². The molecule has 1 aromatic heterocycles. The molecule has 1 fully saturated rings. The predicted octanol–water partition coefficient (Wildman–Crippen LogP) is 2.81. The number of aromatic nitrogens is 1. The van der Waals surface area contributed by atoms with E-state index >= 15 is 0 Å². The van der Waals surface area contributed by atoms with E-state index < -0.39 is 0 Å². The quantitative estimate of drug-likeness (QED) is 0.760. The first kappa shape index (κ1) is 8.05. The average molecular weight is 182 g/mol. The summed E-state index contributed by atoms with van der Waals surface area (Å²) in [5.41, 5.74) is 1.45. The first-order valence-corrected chi connectivity index (χ1v) is 5.26. The Bertz CT molecular complexity index is 276. The fourth-order valence-corrected chi connectivity index (χ4v) is 2.34. The Kier molecular flexibility index (Phi) is 1.83. The summed E-state index contributed by atoms with van der Waals surface area (Å²) in [6.45, 7) is 4.30. The van der Waals surface area contributed by atoms with Gasteiger partial charge in [0.25, 0.3) is 0 Å². The molecule has 1 aliphatic carbocycles. The van der Waals surface area contributed by atoms with Gasteiger partial charge in [-0.2, -0.15) is 0 Å². The van der Waals surface area contributed by atoms with Gasteiger partial charge in [-0.1, -0.05) is 0 Å². The van der Waals surface area contributed by atoms with E-state index in [1.807, 2.05) is 6.92 Å². The Balaban J connectivity index is 2.03. The van der Waals surface area contributed by atoms with E-state index in [4.69, 9.17) is 0 Å². The van der Waals surface area contributed by atoms with Crippen molar-refractivity contribution in [2.75, 3.05) is 5.32 Å². The van der Waals surface area contributed by atoms with Crippen LogP contribution < -0.4 is 5.32 Å². The minimum atomic E-state index is 0.338. The molecule has 3 heteroatoms. The Morgan fingerprint density at radius 1 is 1.58 bits per heavy atom. The molecule has 1 aromatic rings. The predicted molar refractivity (Wildman–Crippen MR) is 52.7 cm³/mol. The number of nitrogens with one attached hydrogen (secondary N) is 1. The lowest BCUT2D eigenvalue weighted by Crippen LogP contribution is -2.41. The van der Waals surface area contributed by atoms with Gasteiger partial charge in [0, 0.05) is 10.9 Å². The van der Waals surface area contributed by atoms with E-state index in [-0.39, 0.29) is 0 Å². The van der Waals surface area contributed by atoms with E-state index in [1.54, 1.807) is 11.3 Å². The first-order valence-electron chi connectivity index (χ1n) is 4.38. The standard InChI is InChI=1S/C9H14N2S/c1-7-6-12-8(10-7)11-9(2)4-3-5-9/h6H,3-5H2,1-2H3,(H,10,11). The van der Waals surface area contributed by atoms with Crippen molar-refractivity contribution in [3.05, 3.63) is 11.1 Å². The van der Waals surface area contributed by atoms with E-state index in [0.717, 1.165) is 10.8 Å². The molecular weight excluding hydrogens is 168 g/mol. The number of hydrogen-bond donors (Lipinski definition) is 1. The smallest absolute Gasteiger partial charge is 0.183 e. The zero-order chi connectivity index (χ0) is 8.60. The summed E-state index contributed by atoms with van der Waals surface area (Å²) < 4.78 is 0. The van der Waals surface area contributed by atoms with Gasteiger partial charge in [-0.15, -0.1) is 11.3 Å². The summed E-state index contributed by atoms with van der Waals surface area (Å²) in [6, 6.07) is 0. The molecule has 66 valence electrons. The molecular formula is C9H14N2S. The molecule has 0 aliphatic heterocycles. The highest BCUT2D eigenvalue weighted by Gasteiger charge is 2.31. The van der Waals surface area contributed by atoms with Gasteiger partial charge in [-0.25, -0.2) is 4.98 Å². The highest BCUT2D eigenvalue weighted by Crippen LogP contribution is 2.35. The molecule has 0 spiro atoms. The van der Waals surface area contributed by atoms with Gasteiger partial charge in [0.05, 0.1) is 5.69 Å². The summed E-state index contributed by atoms with van der Waals surface area (Å²) in [6.07, 6.45) is 3.92. The van der Waals surface area contributed by atoms with Crippen molar-refractivity contribution in [2.24, 2.45) is 0 Å². The fraction of sp³-hybridized carbons (Fsp3) is 0.667. The van der Waals surface area contributed by atoms with Crippen molar-refractivity contribution in [1.82, 2.24) is 4.98 Å². The summed E-state index contributed by atoms with van der Waals surface area (Å²) in [5, 5.41) is 6.65. The number of aryl methyl sites for hydroxylation is 1. The maximum Gasteiger partial charge on any atom is 0.183 e. The van der Waals surface area contributed by atoms with Gasteiger partial charge in [0.15, 0.2) is 5.13 Å². The van der Waals surface area contributed by atoms with Crippen molar-refractivity contribution >= 4 is 16.5 Å². The normalized spacial score (nSPS) is 20.2. The van der Waals surface area contributed by atoms with Crippen LogP contribution in [-0.2, 0) is 0 Å². The van der Waals surface area contributed by atoms with Crippen LogP contribution in [0.1, 0.15) is 31.9 Å². The largest absolute Gasteiger partial charge is 0.356 e. The van der Waals surface area contributed by atoms with Gasteiger partial charge in [0.1, 0.15) is 0 Å². The highest BCUT2D eigenvalue weighted by atomic mass is 32.1. The highest BCUT2D eigenvalue weighted by molar-refractivity contribution is 7.13. The molecule has 0 unspecified atom stereocenters. The number of thiazole rings is 1. The molecule has 2 rings (SSSR count). The fourth-order valence-electron chi connectivity index (χ4n) is 1.50. The molecule has 1 heterocycles. The van der Waals surface area contributed by atoms with Gasteiger partial charge < -0.3 is 5.32 Å². The third-order valence-corrected chi connectivity index (χ3v) is 3.36. The molecule has 2 nitrogen and oxygen atoms in total. The molecule has 0 amide bonds. The van der Waals surface area contributed by atoms with Crippen molar-refractivity contribution in [3.63, 3.8) is 0 Å². The molecule has 1 aliphatic rings. The lowest BCUT2D eigenvalue weighted by atomic mass is 9.79. The van der Waals surface area contributed by atoms with Gasteiger partial charge in [0.2, 0.25) is 0 Å². The SMILES string of the molecule is Cc1csc(NC2(C)CCC2)n1. The van der Waals surface area contributed by atoms with E-state index in [9.17, 15) is 0 Å². The molecule has 0 saturated heterocycles. The van der Waals surface area contributed by atoms with Crippen LogP contribution in [-0.4, -0.2) is 10.5 Å². The monoisotopic (exact) mass is 182 g/mol. The lowest BCUT2D eigenvalue weighted by Gasteiger charge is -2.39. The van der Waals surface area contributed by atoms with E-state index in [2.05, 4.69) is 22.6 Å². The minimum Gasteiger partial charge on any atom is -0.356 e. The second-order valence-electron chi connectivity index (χ2n) is 3.83. The maximum atomic E-state index is 4.39. The van der Waals surface area contributed by atoms with Crippen LogP contribution in [0.3, 0.4) is 0 Å². The number of hydrogen-bond acceptors (Lipinski definition) is 3. The zero-order valence-corrected chi connectivity index (χ0v) is 8.37. The Morgan fingerprint density at radius 3 is 2.75 bits per heavy atom. The van der Waals surface area contributed by atoms with Crippen LogP contribution in [0.2, 0.25) is 0 Å². The van der Waals surface area contributed by atoms with Crippen molar-refractivity contribution in [3.8, 4) is 0 Å². The molecule has 1 N–H and O–H groups in total. The number of anilines is 1. The maximum absolute atomic E-state index is 4.39. The first-order chi connectivity index (χ1) is 5.68. The van der Waals surface area contributed by atoms with Gasteiger partial charge in [-0.3, -0.25) is 0 Å². The summed E-state index contributed by atoms with van der Waals surface area (Å²) in [4.78, 5) is 4.39. The van der Waals surface area contributed by atoms with Crippen LogP contribution >= 0.6 is 11.3 Å². The molecule has 1 saturated carbocycles. The molecule has 0 atom stereocenters. The second kappa shape index (κ2) is 2.73. The van der Waals surface area contributed by atoms with Crippen LogP contribution in [0.25, 0.3) is 0 Å². The molecule has 0 bridgehead atoms. The van der Waals surface area contributed by atoms with E-state index in [0.29, 0.717) is 5.54 Å². The Labute approximate surface area is 77.0 Å². The molecule has 12 heavy (non-hydrogen) atoms. The van der Waals surface area contributed by atoms with Crippen molar-refractivity contribution in [1.29, 1.82) is 0 Å². The molecule has 0 aromatic carbocycles. The Morgan fingerprint density at radius 2 is 2.33 bits per heavy atom. The summed E-state index contributed by atoms with van der Waals surface area (Å²) in [7, 11) is 0. The summed E-state index contributed by atoms with van der Waals surface area (Å²) >= 11 is 1.70. The number of rotatable bonds is 2. The zero-order valence-electron chi connectivity index (χ0n) is 7.55. The Hall–Kier alpha value is -0.570. The van der Waals surface area contributed by atoms with E-state index in [1.165, 1.54) is 19.3 Å². The molecule has 0 radical (unpaired) electrons. The second-order valence-corrected chi connectivity index (χ2v) is 4.69. The van der Waals surface area contributed by atoms with Crippen molar-refractivity contribution in [2.45, 2.75) is 38.6 Å². The topological polar surface area (TPSA) is 24.9 Å². The van der Waals surface area contributed by atoms with Crippen molar-refractivity contribution < 1.29 is 0 Å². The third-order valence-electron chi connectivity index (χ3n) is 2.48.